The molecular weight excluding hydrogens is 235 g/mol. The van der Waals surface area contributed by atoms with Crippen LogP contribution >= 0.6 is 11.3 Å². The van der Waals surface area contributed by atoms with E-state index in [2.05, 4.69) is 10.3 Å². The van der Waals surface area contributed by atoms with Gasteiger partial charge in [-0.25, -0.2) is 9.37 Å². The first-order valence-electron chi connectivity index (χ1n) is 5.99. The molecule has 2 heterocycles. The fourth-order valence-electron chi connectivity index (χ4n) is 2.35. The van der Waals surface area contributed by atoms with E-state index in [4.69, 9.17) is 0 Å². The van der Waals surface area contributed by atoms with E-state index in [1.807, 2.05) is 24.3 Å². The zero-order valence-electron chi connectivity index (χ0n) is 9.58. The fourth-order valence-corrected chi connectivity index (χ4v) is 3.44. The molecule has 0 saturated carbocycles. The molecule has 0 spiro atoms. The van der Waals surface area contributed by atoms with E-state index in [-0.39, 0.29) is 0 Å². The maximum atomic E-state index is 14.5. The molecule has 2 nitrogen and oxygen atoms in total. The van der Waals surface area contributed by atoms with Crippen molar-refractivity contribution in [1.29, 1.82) is 0 Å². The Hall–Kier alpha value is -1.00. The average Bonchev–Trinajstić information content (AvgIpc) is 2.71. The van der Waals surface area contributed by atoms with E-state index >= 15 is 0 Å². The number of alkyl halides is 1. The van der Waals surface area contributed by atoms with Gasteiger partial charge < -0.3 is 5.32 Å². The summed E-state index contributed by atoms with van der Waals surface area (Å²) in [7, 11) is 0. The van der Waals surface area contributed by atoms with Crippen LogP contribution in [0.3, 0.4) is 0 Å². The third-order valence-corrected chi connectivity index (χ3v) is 4.26. The Kier molecular flexibility index (Phi) is 2.84. The van der Waals surface area contributed by atoms with E-state index in [9.17, 15) is 4.39 Å². The number of hydrogen-bond acceptors (Lipinski definition) is 3. The second kappa shape index (κ2) is 4.35. The number of rotatable bonds is 2. The van der Waals surface area contributed by atoms with Crippen LogP contribution in [0, 0.1) is 0 Å². The monoisotopic (exact) mass is 250 g/mol. The molecule has 17 heavy (non-hydrogen) atoms. The van der Waals surface area contributed by atoms with Crippen molar-refractivity contribution < 1.29 is 4.39 Å². The van der Waals surface area contributed by atoms with Crippen molar-refractivity contribution in [3.63, 3.8) is 0 Å². The topological polar surface area (TPSA) is 24.9 Å². The van der Waals surface area contributed by atoms with Gasteiger partial charge in [0.1, 0.15) is 5.67 Å². The lowest BCUT2D eigenvalue weighted by Crippen LogP contribution is -2.43. The van der Waals surface area contributed by atoms with Crippen molar-refractivity contribution in [3.05, 3.63) is 29.3 Å². The summed E-state index contributed by atoms with van der Waals surface area (Å²) in [5.41, 5.74) is -0.119. The summed E-state index contributed by atoms with van der Waals surface area (Å²) in [4.78, 5) is 4.50. The Morgan fingerprint density at radius 1 is 1.41 bits per heavy atom. The summed E-state index contributed by atoms with van der Waals surface area (Å²) in [5, 5.41) is 4.05. The molecule has 1 atom stereocenters. The molecule has 1 aliphatic heterocycles. The highest BCUT2D eigenvalue weighted by Crippen LogP contribution is 2.29. The lowest BCUT2D eigenvalue weighted by Gasteiger charge is -2.29. The zero-order valence-corrected chi connectivity index (χ0v) is 10.4. The van der Waals surface area contributed by atoms with Gasteiger partial charge in [-0.3, -0.25) is 0 Å². The molecule has 4 heteroatoms. The Morgan fingerprint density at radius 3 is 3.06 bits per heavy atom. The molecule has 90 valence electrons. The normalized spacial score (nSPS) is 25.2. The maximum absolute atomic E-state index is 14.5. The van der Waals surface area contributed by atoms with Crippen molar-refractivity contribution in [2.24, 2.45) is 0 Å². The Labute approximate surface area is 104 Å². The molecule has 1 saturated heterocycles. The van der Waals surface area contributed by atoms with Gasteiger partial charge >= 0.3 is 0 Å². The molecule has 1 fully saturated rings. The number of thiazole rings is 1. The van der Waals surface area contributed by atoms with Gasteiger partial charge in [-0.05, 0) is 31.5 Å². The molecular formula is C13H15FN2S. The summed E-state index contributed by atoms with van der Waals surface area (Å²) >= 11 is 1.61. The van der Waals surface area contributed by atoms with Gasteiger partial charge in [0.15, 0.2) is 0 Å². The lowest BCUT2D eigenvalue weighted by atomic mass is 9.93. The van der Waals surface area contributed by atoms with Crippen LogP contribution in [-0.4, -0.2) is 23.7 Å². The van der Waals surface area contributed by atoms with E-state index in [1.165, 1.54) is 0 Å². The van der Waals surface area contributed by atoms with Gasteiger partial charge in [-0.1, -0.05) is 12.1 Å². The molecule has 3 rings (SSSR count). The minimum absolute atomic E-state index is 0.444. The largest absolute Gasteiger partial charge is 0.314 e. The van der Waals surface area contributed by atoms with Crippen molar-refractivity contribution in [3.8, 4) is 0 Å². The van der Waals surface area contributed by atoms with Gasteiger partial charge in [0.25, 0.3) is 0 Å². The van der Waals surface area contributed by atoms with Crippen molar-refractivity contribution in [2.75, 3.05) is 13.1 Å². The molecule has 0 radical (unpaired) electrons. The summed E-state index contributed by atoms with van der Waals surface area (Å²) in [6.45, 7) is 1.40. The quantitative estimate of drug-likeness (QED) is 0.886. The Balaban J connectivity index is 1.84. The minimum Gasteiger partial charge on any atom is -0.314 e. The standard InChI is InChI=1S/C13H15FN2S/c14-13(6-3-7-15-9-13)8-12-16-10-4-1-2-5-11(10)17-12/h1-2,4-5,15H,3,6-9H2. The predicted octanol–water partition coefficient (Wildman–Crippen LogP) is 2.93. The Bertz CT molecular complexity index is 484. The number of aromatic nitrogens is 1. The van der Waals surface area contributed by atoms with Crippen LogP contribution in [0.25, 0.3) is 10.2 Å². The van der Waals surface area contributed by atoms with Crippen LogP contribution in [0.5, 0.6) is 0 Å². The highest BCUT2D eigenvalue weighted by atomic mass is 32.1. The fraction of sp³-hybridized carbons (Fsp3) is 0.462. The van der Waals surface area contributed by atoms with Crippen molar-refractivity contribution >= 4 is 21.6 Å². The molecule has 0 bridgehead atoms. The number of piperidine rings is 1. The molecule has 1 aromatic heterocycles. The summed E-state index contributed by atoms with van der Waals surface area (Å²) in [5.74, 6) is 0. The number of nitrogens with one attached hydrogen (secondary N) is 1. The van der Waals surface area contributed by atoms with Crippen molar-refractivity contribution in [2.45, 2.75) is 24.9 Å². The van der Waals surface area contributed by atoms with Crippen LogP contribution in [-0.2, 0) is 6.42 Å². The first-order valence-corrected chi connectivity index (χ1v) is 6.81. The van der Waals surface area contributed by atoms with Crippen LogP contribution in [0.15, 0.2) is 24.3 Å². The van der Waals surface area contributed by atoms with E-state index in [0.717, 1.165) is 28.2 Å². The zero-order chi connectivity index (χ0) is 11.7. The van der Waals surface area contributed by atoms with Gasteiger partial charge in [0.05, 0.1) is 15.2 Å². The van der Waals surface area contributed by atoms with E-state index in [0.29, 0.717) is 19.4 Å². The van der Waals surface area contributed by atoms with E-state index < -0.39 is 5.67 Å². The number of benzene rings is 1. The number of fused-ring (bicyclic) bond motifs is 1. The lowest BCUT2D eigenvalue weighted by molar-refractivity contribution is 0.122. The molecule has 2 aromatic rings. The summed E-state index contributed by atoms with van der Waals surface area (Å²) in [6.07, 6.45) is 2.01. The van der Waals surface area contributed by atoms with Crippen LogP contribution in [0.1, 0.15) is 17.8 Å². The molecule has 1 N–H and O–H groups in total. The smallest absolute Gasteiger partial charge is 0.129 e. The Morgan fingerprint density at radius 2 is 2.29 bits per heavy atom. The first kappa shape index (κ1) is 11.1. The van der Waals surface area contributed by atoms with Crippen LogP contribution in [0.4, 0.5) is 4.39 Å². The second-order valence-corrected chi connectivity index (χ2v) is 5.80. The predicted molar refractivity (Wildman–Crippen MR) is 69.3 cm³/mol. The van der Waals surface area contributed by atoms with Gasteiger partial charge in [0.2, 0.25) is 0 Å². The van der Waals surface area contributed by atoms with Crippen LogP contribution in [0.2, 0.25) is 0 Å². The molecule has 0 amide bonds. The highest BCUT2D eigenvalue weighted by Gasteiger charge is 2.32. The maximum Gasteiger partial charge on any atom is 0.129 e. The summed E-state index contributed by atoms with van der Waals surface area (Å²) in [6, 6.07) is 8.00. The molecule has 1 aromatic carbocycles. The van der Waals surface area contributed by atoms with Crippen LogP contribution < -0.4 is 5.32 Å². The SMILES string of the molecule is FC1(Cc2nc3ccccc3s2)CCCNC1. The highest BCUT2D eigenvalue weighted by molar-refractivity contribution is 7.18. The average molecular weight is 250 g/mol. The number of para-hydroxylation sites is 1. The van der Waals surface area contributed by atoms with Gasteiger partial charge in [-0.15, -0.1) is 11.3 Å². The molecule has 1 unspecified atom stereocenters. The second-order valence-electron chi connectivity index (χ2n) is 4.68. The van der Waals surface area contributed by atoms with Crippen molar-refractivity contribution in [1.82, 2.24) is 10.3 Å². The van der Waals surface area contributed by atoms with Gasteiger partial charge in [-0.2, -0.15) is 0 Å². The molecule has 0 aliphatic carbocycles. The molecule has 1 aliphatic rings. The van der Waals surface area contributed by atoms with Gasteiger partial charge in [0, 0.05) is 13.0 Å². The first-order chi connectivity index (χ1) is 8.25. The third kappa shape index (κ3) is 2.33. The number of halogens is 1. The number of hydrogen-bond donors (Lipinski definition) is 1. The van der Waals surface area contributed by atoms with E-state index in [1.54, 1.807) is 11.3 Å². The minimum atomic E-state index is -1.11. The summed E-state index contributed by atoms with van der Waals surface area (Å²) < 4.78 is 15.6. The third-order valence-electron chi connectivity index (χ3n) is 3.23. The number of nitrogens with zero attached hydrogens (tertiary/aromatic N) is 1.